The van der Waals surface area contributed by atoms with Crippen LogP contribution in [0.3, 0.4) is 0 Å². The Labute approximate surface area is 143 Å². The second kappa shape index (κ2) is 7.25. The molecule has 0 spiro atoms. The third-order valence-electron chi connectivity index (χ3n) is 3.13. The van der Waals surface area contributed by atoms with Crippen LogP contribution in [-0.4, -0.2) is 23.6 Å². The molecular weight excluding hydrogens is 343 g/mol. The molecule has 0 bridgehead atoms. The van der Waals surface area contributed by atoms with E-state index in [1.165, 1.54) is 11.9 Å². The number of para-hydroxylation sites is 1. The third kappa shape index (κ3) is 4.29. The molecule has 0 aliphatic rings. The molecule has 2 aromatic rings. The van der Waals surface area contributed by atoms with Crippen LogP contribution in [-0.2, 0) is 6.18 Å². The van der Waals surface area contributed by atoms with Crippen LogP contribution < -0.4 is 9.64 Å². The Balaban J connectivity index is 2.47. The van der Waals surface area contributed by atoms with E-state index < -0.39 is 11.7 Å². The van der Waals surface area contributed by atoms with Crippen molar-refractivity contribution in [1.29, 1.82) is 0 Å². The number of hydrogen-bond acceptors (Lipinski definition) is 4. The Hall–Kier alpha value is -2.02. The van der Waals surface area contributed by atoms with Crippen molar-refractivity contribution in [3.8, 4) is 6.01 Å². The van der Waals surface area contributed by atoms with E-state index in [1.807, 2.05) is 13.8 Å². The van der Waals surface area contributed by atoms with Gasteiger partial charge in [-0.3, -0.25) is 0 Å². The predicted octanol–water partition coefficient (Wildman–Crippen LogP) is 4.95. The molecule has 0 radical (unpaired) electrons. The van der Waals surface area contributed by atoms with Gasteiger partial charge in [-0.25, -0.2) is 4.98 Å². The molecule has 0 atom stereocenters. The Kier molecular flexibility index (Phi) is 5.54. The van der Waals surface area contributed by atoms with Crippen molar-refractivity contribution < 1.29 is 17.9 Å². The fourth-order valence-corrected chi connectivity index (χ4v) is 2.22. The van der Waals surface area contributed by atoms with Gasteiger partial charge in [-0.15, -0.1) is 0 Å². The molecule has 0 unspecified atom stereocenters. The van der Waals surface area contributed by atoms with Gasteiger partial charge in [0.05, 0.1) is 17.3 Å². The first kappa shape index (κ1) is 18.3. The minimum atomic E-state index is -4.60. The van der Waals surface area contributed by atoms with Gasteiger partial charge in [0.25, 0.3) is 0 Å². The van der Waals surface area contributed by atoms with Gasteiger partial charge in [0.1, 0.15) is 5.56 Å². The molecule has 2 rings (SSSR count). The summed E-state index contributed by atoms with van der Waals surface area (Å²) in [7, 11) is 1.46. The van der Waals surface area contributed by atoms with Crippen molar-refractivity contribution in [2.45, 2.75) is 20.0 Å². The van der Waals surface area contributed by atoms with Crippen LogP contribution >= 0.6 is 11.6 Å². The van der Waals surface area contributed by atoms with E-state index >= 15 is 0 Å². The highest BCUT2D eigenvalue weighted by Gasteiger charge is 2.37. The SMILES string of the molecule is CC(C)COc1ncc(C(F)(F)F)c(N(C)c2ccccc2Cl)n1. The topological polar surface area (TPSA) is 38.2 Å². The zero-order valence-electron chi connectivity index (χ0n) is 13.4. The molecule has 4 nitrogen and oxygen atoms in total. The average molecular weight is 360 g/mol. The summed E-state index contributed by atoms with van der Waals surface area (Å²) < 4.78 is 45.2. The highest BCUT2D eigenvalue weighted by molar-refractivity contribution is 6.33. The number of aromatic nitrogens is 2. The lowest BCUT2D eigenvalue weighted by atomic mass is 10.2. The van der Waals surface area contributed by atoms with Gasteiger partial charge in [0.2, 0.25) is 0 Å². The van der Waals surface area contributed by atoms with Gasteiger partial charge in [-0.2, -0.15) is 18.2 Å². The molecule has 130 valence electrons. The van der Waals surface area contributed by atoms with Crippen LogP contribution in [0.1, 0.15) is 19.4 Å². The predicted molar refractivity (Wildman–Crippen MR) is 86.9 cm³/mol. The van der Waals surface area contributed by atoms with Crippen molar-refractivity contribution in [2.75, 3.05) is 18.6 Å². The Morgan fingerprint density at radius 1 is 1.25 bits per heavy atom. The van der Waals surface area contributed by atoms with E-state index in [-0.39, 0.29) is 17.7 Å². The van der Waals surface area contributed by atoms with Crippen LogP contribution in [0, 0.1) is 5.92 Å². The Morgan fingerprint density at radius 3 is 2.50 bits per heavy atom. The molecule has 0 saturated heterocycles. The summed E-state index contributed by atoms with van der Waals surface area (Å²) in [5, 5.41) is 0.316. The average Bonchev–Trinajstić information content (AvgIpc) is 2.51. The van der Waals surface area contributed by atoms with Crippen LogP contribution in [0.2, 0.25) is 5.02 Å². The fraction of sp³-hybridized carbons (Fsp3) is 0.375. The lowest BCUT2D eigenvalue weighted by Crippen LogP contribution is -2.20. The molecule has 0 amide bonds. The molecule has 0 aliphatic carbocycles. The summed E-state index contributed by atoms with van der Waals surface area (Å²) in [6, 6.07) is 6.48. The monoisotopic (exact) mass is 359 g/mol. The van der Waals surface area contributed by atoms with E-state index in [9.17, 15) is 13.2 Å². The van der Waals surface area contributed by atoms with Crippen LogP contribution in [0.4, 0.5) is 24.7 Å². The van der Waals surface area contributed by atoms with Crippen LogP contribution in [0.15, 0.2) is 30.5 Å². The first-order valence-corrected chi connectivity index (χ1v) is 7.63. The van der Waals surface area contributed by atoms with E-state index in [2.05, 4.69) is 9.97 Å². The molecular formula is C16H17ClF3N3O. The lowest BCUT2D eigenvalue weighted by Gasteiger charge is -2.23. The zero-order valence-corrected chi connectivity index (χ0v) is 14.2. The van der Waals surface area contributed by atoms with E-state index in [0.29, 0.717) is 17.3 Å². The van der Waals surface area contributed by atoms with Gasteiger partial charge < -0.3 is 9.64 Å². The molecule has 0 saturated carbocycles. The minimum absolute atomic E-state index is 0.106. The summed E-state index contributed by atoms with van der Waals surface area (Å²) >= 11 is 6.08. The normalized spacial score (nSPS) is 11.7. The number of benzene rings is 1. The molecule has 1 heterocycles. The van der Waals surface area contributed by atoms with Crippen LogP contribution in [0.25, 0.3) is 0 Å². The largest absolute Gasteiger partial charge is 0.463 e. The van der Waals surface area contributed by atoms with Crippen molar-refractivity contribution in [1.82, 2.24) is 9.97 Å². The minimum Gasteiger partial charge on any atom is -0.463 e. The molecule has 1 aromatic heterocycles. The number of alkyl halides is 3. The summed E-state index contributed by atoms with van der Waals surface area (Å²) in [6.07, 6.45) is -3.87. The summed E-state index contributed by atoms with van der Waals surface area (Å²) in [5.41, 5.74) is -0.556. The fourth-order valence-electron chi connectivity index (χ4n) is 1.96. The van der Waals surface area contributed by atoms with Crippen molar-refractivity contribution in [2.24, 2.45) is 5.92 Å². The van der Waals surface area contributed by atoms with Crippen molar-refractivity contribution in [3.63, 3.8) is 0 Å². The van der Waals surface area contributed by atoms with Gasteiger partial charge in [-0.1, -0.05) is 37.6 Å². The molecule has 0 N–H and O–H groups in total. The lowest BCUT2D eigenvalue weighted by molar-refractivity contribution is -0.137. The molecule has 1 aromatic carbocycles. The van der Waals surface area contributed by atoms with E-state index in [4.69, 9.17) is 16.3 Å². The van der Waals surface area contributed by atoms with E-state index in [1.54, 1.807) is 24.3 Å². The molecule has 0 fully saturated rings. The van der Waals surface area contributed by atoms with Gasteiger partial charge >= 0.3 is 12.2 Å². The number of hydrogen-bond donors (Lipinski definition) is 0. The molecule has 24 heavy (non-hydrogen) atoms. The maximum atomic E-state index is 13.3. The Morgan fingerprint density at radius 2 is 1.92 bits per heavy atom. The zero-order chi connectivity index (χ0) is 17.9. The number of ether oxygens (including phenoxy) is 1. The summed E-state index contributed by atoms with van der Waals surface area (Å²) in [4.78, 5) is 8.88. The van der Waals surface area contributed by atoms with Crippen molar-refractivity contribution >= 4 is 23.1 Å². The second-order valence-corrected chi connectivity index (χ2v) is 6.01. The standard InChI is InChI=1S/C16H17ClF3N3O/c1-10(2)9-24-15-21-8-11(16(18,19)20)14(22-15)23(3)13-7-5-4-6-12(13)17/h4-8,10H,9H2,1-3H3. The first-order chi connectivity index (χ1) is 11.2. The van der Waals surface area contributed by atoms with Crippen molar-refractivity contribution in [3.05, 3.63) is 41.0 Å². The molecule has 8 heteroatoms. The van der Waals surface area contributed by atoms with Gasteiger partial charge in [0, 0.05) is 13.2 Å². The highest BCUT2D eigenvalue weighted by atomic mass is 35.5. The number of nitrogens with zero attached hydrogens (tertiary/aromatic N) is 3. The van der Waals surface area contributed by atoms with Gasteiger partial charge in [0.15, 0.2) is 5.82 Å². The summed E-state index contributed by atoms with van der Waals surface area (Å²) in [6.45, 7) is 4.14. The summed E-state index contributed by atoms with van der Waals surface area (Å²) in [5.74, 6) is -0.120. The smallest absolute Gasteiger partial charge is 0.421 e. The number of rotatable bonds is 5. The number of anilines is 2. The third-order valence-corrected chi connectivity index (χ3v) is 3.45. The quantitative estimate of drug-likeness (QED) is 0.757. The second-order valence-electron chi connectivity index (χ2n) is 5.60. The van der Waals surface area contributed by atoms with Crippen LogP contribution in [0.5, 0.6) is 6.01 Å². The maximum absolute atomic E-state index is 13.3. The van der Waals surface area contributed by atoms with Gasteiger partial charge in [-0.05, 0) is 18.1 Å². The maximum Gasteiger partial charge on any atom is 0.421 e. The number of halogens is 4. The Bertz CT molecular complexity index is 707. The van der Waals surface area contributed by atoms with E-state index in [0.717, 1.165) is 6.20 Å². The molecule has 0 aliphatic heterocycles. The highest BCUT2D eigenvalue weighted by Crippen LogP contribution is 2.39. The first-order valence-electron chi connectivity index (χ1n) is 7.25.